The number of carbonyl (C=O) groups excluding carboxylic acids is 3. The molecule has 0 spiro atoms. The van der Waals surface area contributed by atoms with E-state index in [0.717, 1.165) is 25.7 Å². The zero-order valence-corrected chi connectivity index (χ0v) is 21.7. The predicted molar refractivity (Wildman–Crippen MR) is 133 cm³/mol. The van der Waals surface area contributed by atoms with Crippen molar-refractivity contribution in [3.8, 4) is 0 Å². The second-order valence-electron chi connectivity index (χ2n) is 7.56. The topological polar surface area (TPSA) is 87.3 Å². The van der Waals surface area contributed by atoms with Gasteiger partial charge < -0.3 is 16.0 Å². The summed E-state index contributed by atoms with van der Waals surface area (Å²) < 4.78 is 0. The normalized spacial score (nSPS) is 10.7. The third-order valence-electron chi connectivity index (χ3n) is 4.69. The summed E-state index contributed by atoms with van der Waals surface area (Å²) in [5.74, 6) is 0.0838. The van der Waals surface area contributed by atoms with Crippen LogP contribution in [0.1, 0.15) is 119 Å². The summed E-state index contributed by atoms with van der Waals surface area (Å²) in [6, 6.07) is -0.0884. The molecule has 0 aromatic carbocycles. The molecule has 0 fully saturated rings. The van der Waals surface area contributed by atoms with Crippen LogP contribution in [-0.4, -0.2) is 43.8 Å². The number of amides is 2. The highest BCUT2D eigenvalue weighted by Gasteiger charge is 2.10. The fourth-order valence-electron chi connectivity index (χ4n) is 2.82. The number of hydrogen-bond donors (Lipinski definition) is 3. The van der Waals surface area contributed by atoms with E-state index >= 15 is 0 Å². The Morgan fingerprint density at radius 1 is 0.677 bits per heavy atom. The molecule has 0 bridgehead atoms. The van der Waals surface area contributed by atoms with E-state index in [4.69, 9.17) is 0 Å². The molecule has 2 amide bonds. The van der Waals surface area contributed by atoms with Gasteiger partial charge in [-0.3, -0.25) is 14.4 Å². The maximum Gasteiger partial charge on any atom is 0.221 e. The summed E-state index contributed by atoms with van der Waals surface area (Å²) in [7, 11) is 1.78. The van der Waals surface area contributed by atoms with Gasteiger partial charge >= 0.3 is 0 Å². The molecule has 6 heteroatoms. The molecule has 0 aromatic rings. The Balaban J connectivity index is -0.000000655. The van der Waals surface area contributed by atoms with Gasteiger partial charge in [-0.25, -0.2) is 0 Å². The van der Waals surface area contributed by atoms with Crippen molar-refractivity contribution in [3.63, 3.8) is 0 Å². The Kier molecular flexibility index (Phi) is 31.5. The van der Waals surface area contributed by atoms with Gasteiger partial charge in [0.05, 0.1) is 6.04 Å². The third kappa shape index (κ3) is 28.6. The summed E-state index contributed by atoms with van der Waals surface area (Å²) in [5.41, 5.74) is 0. The molecule has 3 N–H and O–H groups in total. The van der Waals surface area contributed by atoms with E-state index < -0.39 is 0 Å². The van der Waals surface area contributed by atoms with E-state index in [1.807, 2.05) is 20.8 Å². The standard InChI is InChI=1S/C15H29N3O3.C8H18.C2H6/c1-4-7-14(20)18-11-9-15(21)17-10-6-5-8-13(16-3)12(2)19;1-3-5-7-8-6-4-2;1-2/h13,16H,4-11H2,1-3H3,(H,17,21)(H,18,20);3-8H2,1-2H3;1-2H3. The van der Waals surface area contributed by atoms with Gasteiger partial charge in [0.15, 0.2) is 0 Å². The van der Waals surface area contributed by atoms with Crippen LogP contribution in [0.5, 0.6) is 0 Å². The van der Waals surface area contributed by atoms with Crippen LogP contribution in [0.15, 0.2) is 0 Å². The second-order valence-corrected chi connectivity index (χ2v) is 7.56. The van der Waals surface area contributed by atoms with Crippen LogP contribution in [0.3, 0.4) is 0 Å². The molecule has 0 rings (SSSR count). The number of ketones is 1. The largest absolute Gasteiger partial charge is 0.356 e. The van der Waals surface area contributed by atoms with Gasteiger partial charge in [-0.2, -0.15) is 0 Å². The lowest BCUT2D eigenvalue weighted by Gasteiger charge is -2.12. The first-order valence-corrected chi connectivity index (χ1v) is 12.6. The van der Waals surface area contributed by atoms with Gasteiger partial charge in [0, 0.05) is 25.9 Å². The molecule has 0 aliphatic rings. The summed E-state index contributed by atoms with van der Waals surface area (Å²) in [6.07, 6.45) is 12.6. The lowest BCUT2D eigenvalue weighted by atomic mass is 10.1. The molecule has 0 radical (unpaired) electrons. The summed E-state index contributed by atoms with van der Waals surface area (Å²) in [5, 5.41) is 8.49. The van der Waals surface area contributed by atoms with Gasteiger partial charge in [0.2, 0.25) is 11.8 Å². The number of unbranched alkanes of at least 4 members (excludes halogenated alkanes) is 6. The van der Waals surface area contributed by atoms with Gasteiger partial charge in [-0.05, 0) is 39.7 Å². The van der Waals surface area contributed by atoms with E-state index in [2.05, 4.69) is 29.8 Å². The van der Waals surface area contributed by atoms with Gasteiger partial charge in [0.25, 0.3) is 0 Å². The van der Waals surface area contributed by atoms with E-state index in [-0.39, 0.29) is 23.6 Å². The van der Waals surface area contributed by atoms with Crippen LogP contribution in [0, 0.1) is 0 Å². The van der Waals surface area contributed by atoms with Crippen molar-refractivity contribution >= 4 is 17.6 Å². The van der Waals surface area contributed by atoms with E-state index in [0.29, 0.717) is 25.9 Å². The molecule has 6 nitrogen and oxygen atoms in total. The van der Waals surface area contributed by atoms with Gasteiger partial charge in [-0.15, -0.1) is 0 Å². The van der Waals surface area contributed by atoms with Gasteiger partial charge in [0.1, 0.15) is 5.78 Å². The van der Waals surface area contributed by atoms with Crippen LogP contribution >= 0.6 is 0 Å². The van der Waals surface area contributed by atoms with Crippen LogP contribution in [0.25, 0.3) is 0 Å². The molecule has 186 valence electrons. The first-order chi connectivity index (χ1) is 14.9. The smallest absolute Gasteiger partial charge is 0.221 e. The molecule has 0 aliphatic heterocycles. The molecule has 1 unspecified atom stereocenters. The molecule has 0 saturated heterocycles. The van der Waals surface area contributed by atoms with Crippen LogP contribution < -0.4 is 16.0 Å². The highest BCUT2D eigenvalue weighted by atomic mass is 16.2. The Labute approximate surface area is 193 Å². The van der Waals surface area contributed by atoms with Crippen molar-refractivity contribution in [2.45, 2.75) is 125 Å². The second kappa shape index (κ2) is 28.6. The fraction of sp³-hybridized carbons (Fsp3) is 0.880. The summed E-state index contributed by atoms with van der Waals surface area (Å²) in [4.78, 5) is 33.9. The average molecular weight is 444 g/mol. The third-order valence-corrected chi connectivity index (χ3v) is 4.69. The Morgan fingerprint density at radius 2 is 1.19 bits per heavy atom. The minimum atomic E-state index is -0.0884. The van der Waals surface area contributed by atoms with Crippen molar-refractivity contribution in [2.24, 2.45) is 0 Å². The Bertz CT molecular complexity index is 409. The average Bonchev–Trinajstić information content (AvgIpc) is 2.75. The summed E-state index contributed by atoms with van der Waals surface area (Å²) in [6.45, 7) is 13.0. The zero-order chi connectivity index (χ0) is 24.3. The maximum atomic E-state index is 11.5. The predicted octanol–water partition coefficient (Wildman–Crippen LogP) is 5.15. The Hall–Kier alpha value is -1.43. The van der Waals surface area contributed by atoms with Crippen molar-refractivity contribution in [3.05, 3.63) is 0 Å². The minimum absolute atomic E-state index is 0.00681. The molecule has 0 aliphatic carbocycles. The molecule has 0 aromatic heterocycles. The van der Waals surface area contributed by atoms with Crippen LogP contribution in [0.2, 0.25) is 0 Å². The van der Waals surface area contributed by atoms with Crippen molar-refractivity contribution in [1.82, 2.24) is 16.0 Å². The molecule has 0 saturated carbocycles. The van der Waals surface area contributed by atoms with Crippen molar-refractivity contribution in [2.75, 3.05) is 20.1 Å². The van der Waals surface area contributed by atoms with Crippen LogP contribution in [0.4, 0.5) is 0 Å². The lowest BCUT2D eigenvalue weighted by Crippen LogP contribution is -2.33. The van der Waals surface area contributed by atoms with Crippen LogP contribution in [-0.2, 0) is 14.4 Å². The van der Waals surface area contributed by atoms with Crippen molar-refractivity contribution in [1.29, 1.82) is 0 Å². The first-order valence-electron chi connectivity index (χ1n) is 12.6. The van der Waals surface area contributed by atoms with E-state index in [1.165, 1.54) is 38.5 Å². The van der Waals surface area contributed by atoms with Crippen molar-refractivity contribution < 1.29 is 14.4 Å². The number of rotatable bonds is 17. The monoisotopic (exact) mass is 443 g/mol. The molecule has 31 heavy (non-hydrogen) atoms. The summed E-state index contributed by atoms with van der Waals surface area (Å²) >= 11 is 0. The first kappa shape index (κ1) is 34.2. The SMILES string of the molecule is CC.CCCC(=O)NCCC(=O)NCCCCC(NC)C(C)=O.CCCCCCCC. The quantitative estimate of drug-likeness (QED) is 0.271. The number of Topliss-reactive ketones (excluding diaryl/α,β-unsaturated/α-hetero) is 1. The number of nitrogens with one attached hydrogen (secondary N) is 3. The maximum absolute atomic E-state index is 11.5. The Morgan fingerprint density at radius 3 is 1.65 bits per heavy atom. The molecule has 1 atom stereocenters. The highest BCUT2D eigenvalue weighted by molar-refractivity contribution is 5.81. The highest BCUT2D eigenvalue weighted by Crippen LogP contribution is 2.03. The molecule has 0 heterocycles. The number of likely N-dealkylation sites (N-methyl/N-ethyl adjacent to an activating group) is 1. The minimum Gasteiger partial charge on any atom is -0.356 e. The molecular formula is C25H53N3O3. The zero-order valence-electron chi connectivity index (χ0n) is 21.7. The van der Waals surface area contributed by atoms with Gasteiger partial charge in [-0.1, -0.05) is 73.1 Å². The molecular weight excluding hydrogens is 390 g/mol. The van der Waals surface area contributed by atoms with E-state index in [1.54, 1.807) is 14.0 Å². The fourth-order valence-corrected chi connectivity index (χ4v) is 2.82. The lowest BCUT2D eigenvalue weighted by molar-refractivity contribution is -0.122. The number of hydrogen-bond acceptors (Lipinski definition) is 4. The van der Waals surface area contributed by atoms with E-state index in [9.17, 15) is 14.4 Å². The number of carbonyl (C=O) groups is 3.